The topological polar surface area (TPSA) is 40.5 Å². The molecule has 1 aromatic rings. The fraction of sp³-hybridized carbons (Fsp3) is 0.588. The van der Waals surface area contributed by atoms with Crippen LogP contribution in [-0.4, -0.2) is 28.6 Å². The van der Waals surface area contributed by atoms with Gasteiger partial charge in [-0.15, -0.1) is 0 Å². The minimum absolute atomic E-state index is 0.392. The standard InChI is InChI=1S/C17H23NO2/c1-12-10-14(17(19)20)7-8-15(12)11-18-9-3-5-13-4-2-6-16(13)18/h7-8,10,13,16H,2-6,9,11H2,1H3,(H,19,20). The number of carboxylic acid groups (broad SMARTS) is 1. The zero-order chi connectivity index (χ0) is 14.1. The molecule has 1 heterocycles. The van der Waals surface area contributed by atoms with Crippen LogP contribution < -0.4 is 0 Å². The lowest BCUT2D eigenvalue weighted by Crippen LogP contribution is -2.42. The Balaban J connectivity index is 1.75. The fourth-order valence-electron chi connectivity index (χ4n) is 3.98. The molecule has 2 atom stereocenters. The Morgan fingerprint density at radius 1 is 1.30 bits per heavy atom. The first-order chi connectivity index (χ1) is 9.65. The molecule has 3 heteroatoms. The van der Waals surface area contributed by atoms with E-state index in [9.17, 15) is 4.79 Å². The normalized spacial score (nSPS) is 26.4. The summed E-state index contributed by atoms with van der Waals surface area (Å²) in [6.45, 7) is 4.20. The summed E-state index contributed by atoms with van der Waals surface area (Å²) in [4.78, 5) is 13.6. The first-order valence-corrected chi connectivity index (χ1v) is 7.72. The van der Waals surface area contributed by atoms with Crippen molar-refractivity contribution < 1.29 is 9.90 Å². The lowest BCUT2D eigenvalue weighted by atomic mass is 9.91. The summed E-state index contributed by atoms with van der Waals surface area (Å²) in [6.07, 6.45) is 6.84. The Bertz CT molecular complexity index is 512. The first-order valence-electron chi connectivity index (χ1n) is 7.72. The van der Waals surface area contributed by atoms with E-state index in [2.05, 4.69) is 4.90 Å². The van der Waals surface area contributed by atoms with Gasteiger partial charge in [-0.05, 0) is 68.3 Å². The van der Waals surface area contributed by atoms with Crippen molar-refractivity contribution in [2.75, 3.05) is 6.54 Å². The number of aromatic carboxylic acids is 1. The Hall–Kier alpha value is -1.35. The average Bonchev–Trinajstić information content (AvgIpc) is 2.90. The summed E-state index contributed by atoms with van der Waals surface area (Å²) in [5.74, 6) is 0.0656. The maximum atomic E-state index is 11.0. The minimum Gasteiger partial charge on any atom is -0.478 e. The summed E-state index contributed by atoms with van der Waals surface area (Å²) < 4.78 is 0. The van der Waals surface area contributed by atoms with Crippen molar-refractivity contribution in [3.05, 3.63) is 34.9 Å². The molecule has 2 aliphatic rings. The van der Waals surface area contributed by atoms with Crippen LogP contribution in [0.1, 0.15) is 53.6 Å². The molecule has 2 unspecified atom stereocenters. The van der Waals surface area contributed by atoms with Gasteiger partial charge in [0.1, 0.15) is 0 Å². The number of aryl methyl sites for hydroxylation is 1. The molecule has 1 aliphatic carbocycles. The number of rotatable bonds is 3. The van der Waals surface area contributed by atoms with Crippen molar-refractivity contribution in [3.63, 3.8) is 0 Å². The SMILES string of the molecule is Cc1cc(C(=O)O)ccc1CN1CCCC2CCCC21. The number of hydrogen-bond acceptors (Lipinski definition) is 2. The number of fused-ring (bicyclic) bond motifs is 1. The smallest absolute Gasteiger partial charge is 0.335 e. The molecule has 3 rings (SSSR count). The first kappa shape index (κ1) is 13.6. The molecule has 0 amide bonds. The van der Waals surface area contributed by atoms with Crippen LogP contribution in [0, 0.1) is 12.8 Å². The second-order valence-corrected chi connectivity index (χ2v) is 6.32. The van der Waals surface area contributed by atoms with Crippen molar-refractivity contribution >= 4 is 5.97 Å². The lowest BCUT2D eigenvalue weighted by Gasteiger charge is -2.38. The van der Waals surface area contributed by atoms with Crippen LogP contribution in [0.25, 0.3) is 0 Å². The van der Waals surface area contributed by atoms with Gasteiger partial charge in [0.2, 0.25) is 0 Å². The van der Waals surface area contributed by atoms with Gasteiger partial charge < -0.3 is 5.11 Å². The van der Waals surface area contributed by atoms with Crippen molar-refractivity contribution in [2.24, 2.45) is 5.92 Å². The molecule has 1 aliphatic heterocycles. The van der Waals surface area contributed by atoms with Crippen LogP contribution >= 0.6 is 0 Å². The maximum absolute atomic E-state index is 11.0. The van der Waals surface area contributed by atoms with Gasteiger partial charge in [0.05, 0.1) is 5.56 Å². The predicted molar refractivity (Wildman–Crippen MR) is 78.9 cm³/mol. The highest BCUT2D eigenvalue weighted by Crippen LogP contribution is 2.37. The number of piperidine rings is 1. The van der Waals surface area contributed by atoms with E-state index in [4.69, 9.17) is 5.11 Å². The highest BCUT2D eigenvalue weighted by atomic mass is 16.4. The largest absolute Gasteiger partial charge is 0.478 e. The molecule has 1 saturated heterocycles. The maximum Gasteiger partial charge on any atom is 0.335 e. The Labute approximate surface area is 120 Å². The average molecular weight is 273 g/mol. The summed E-state index contributed by atoms with van der Waals surface area (Å²) in [6, 6.07) is 6.30. The number of nitrogens with zero attached hydrogens (tertiary/aromatic N) is 1. The Kier molecular flexibility index (Phi) is 3.79. The quantitative estimate of drug-likeness (QED) is 0.917. The zero-order valence-corrected chi connectivity index (χ0v) is 12.1. The van der Waals surface area contributed by atoms with E-state index in [1.165, 1.54) is 44.2 Å². The lowest BCUT2D eigenvalue weighted by molar-refractivity contribution is 0.0696. The van der Waals surface area contributed by atoms with Crippen molar-refractivity contribution in [3.8, 4) is 0 Å². The van der Waals surface area contributed by atoms with Crippen molar-refractivity contribution in [1.29, 1.82) is 0 Å². The van der Waals surface area contributed by atoms with Crippen LogP contribution in [0.2, 0.25) is 0 Å². The van der Waals surface area contributed by atoms with Crippen molar-refractivity contribution in [2.45, 2.75) is 51.6 Å². The van der Waals surface area contributed by atoms with Gasteiger partial charge >= 0.3 is 5.97 Å². The number of carboxylic acids is 1. The molecule has 2 fully saturated rings. The molecule has 108 valence electrons. The Morgan fingerprint density at radius 2 is 2.10 bits per heavy atom. The molecule has 1 saturated carbocycles. The van der Waals surface area contributed by atoms with Gasteiger partial charge in [-0.2, -0.15) is 0 Å². The van der Waals surface area contributed by atoms with Crippen LogP contribution in [0.15, 0.2) is 18.2 Å². The van der Waals surface area contributed by atoms with Crippen LogP contribution in [-0.2, 0) is 6.54 Å². The van der Waals surface area contributed by atoms with E-state index in [0.717, 1.165) is 24.1 Å². The van der Waals surface area contributed by atoms with Crippen LogP contribution in [0.4, 0.5) is 0 Å². The molecule has 3 nitrogen and oxygen atoms in total. The monoisotopic (exact) mass is 273 g/mol. The fourth-order valence-corrected chi connectivity index (χ4v) is 3.98. The van der Waals surface area contributed by atoms with E-state index >= 15 is 0 Å². The summed E-state index contributed by atoms with van der Waals surface area (Å²) >= 11 is 0. The highest BCUT2D eigenvalue weighted by molar-refractivity contribution is 5.87. The third kappa shape index (κ3) is 2.59. The van der Waals surface area contributed by atoms with Crippen LogP contribution in [0.3, 0.4) is 0 Å². The predicted octanol–water partition coefficient (Wildman–Crippen LogP) is 3.46. The van der Waals surface area contributed by atoms with Gasteiger partial charge in [-0.25, -0.2) is 4.79 Å². The molecule has 0 radical (unpaired) electrons. The van der Waals surface area contributed by atoms with E-state index in [1.54, 1.807) is 12.1 Å². The molecular formula is C17H23NO2. The molecule has 0 spiro atoms. The summed E-state index contributed by atoms with van der Waals surface area (Å²) in [7, 11) is 0. The van der Waals surface area contributed by atoms with Gasteiger partial charge in [0.15, 0.2) is 0 Å². The minimum atomic E-state index is -0.839. The van der Waals surface area contributed by atoms with Crippen LogP contribution in [0.5, 0.6) is 0 Å². The number of benzene rings is 1. The molecule has 1 N–H and O–H groups in total. The Morgan fingerprint density at radius 3 is 2.85 bits per heavy atom. The van der Waals surface area contributed by atoms with E-state index < -0.39 is 5.97 Å². The molecule has 20 heavy (non-hydrogen) atoms. The second kappa shape index (κ2) is 5.57. The number of likely N-dealkylation sites (tertiary alicyclic amines) is 1. The van der Waals surface area contributed by atoms with Crippen molar-refractivity contribution in [1.82, 2.24) is 4.90 Å². The third-order valence-electron chi connectivity index (χ3n) is 5.07. The van der Waals surface area contributed by atoms with Gasteiger partial charge in [0.25, 0.3) is 0 Å². The molecular weight excluding hydrogens is 250 g/mol. The van der Waals surface area contributed by atoms with E-state index in [-0.39, 0.29) is 0 Å². The third-order valence-corrected chi connectivity index (χ3v) is 5.07. The number of hydrogen-bond donors (Lipinski definition) is 1. The van der Waals surface area contributed by atoms with Gasteiger partial charge in [0, 0.05) is 12.6 Å². The molecule has 1 aromatic carbocycles. The zero-order valence-electron chi connectivity index (χ0n) is 12.1. The highest BCUT2D eigenvalue weighted by Gasteiger charge is 2.34. The summed E-state index contributed by atoms with van der Waals surface area (Å²) in [5, 5.41) is 9.03. The molecule has 0 aromatic heterocycles. The second-order valence-electron chi connectivity index (χ2n) is 6.32. The van der Waals surface area contributed by atoms with E-state index in [1.807, 2.05) is 13.0 Å². The number of carbonyl (C=O) groups is 1. The summed E-state index contributed by atoms with van der Waals surface area (Å²) in [5.41, 5.74) is 2.77. The molecule has 0 bridgehead atoms. The van der Waals surface area contributed by atoms with Gasteiger partial charge in [-0.3, -0.25) is 4.90 Å². The van der Waals surface area contributed by atoms with Gasteiger partial charge in [-0.1, -0.05) is 12.5 Å². The van der Waals surface area contributed by atoms with E-state index in [0.29, 0.717) is 5.56 Å².